The van der Waals surface area contributed by atoms with Gasteiger partial charge in [0.05, 0.1) is 0 Å². The fourth-order valence-corrected chi connectivity index (χ4v) is 4.66. The minimum Gasteiger partial charge on any atom is -0.148 e. The number of hydrogen-bond donors (Lipinski definition) is 1. The largest absolute Gasteiger partial charge is 0.148 e. The molecule has 0 amide bonds. The molecule has 0 radical (unpaired) electrons. The van der Waals surface area contributed by atoms with Crippen LogP contribution in [0.25, 0.3) is 0 Å². The van der Waals surface area contributed by atoms with Crippen molar-refractivity contribution in [3.05, 3.63) is 58.6 Å². The molecule has 0 fully saturated rings. The van der Waals surface area contributed by atoms with Crippen LogP contribution in [0.15, 0.2) is 58.6 Å². The lowest BCUT2D eigenvalue weighted by molar-refractivity contribution is 0.224. The highest BCUT2D eigenvalue weighted by Gasteiger charge is 2.30. The molecule has 0 nitrogen and oxygen atoms in total. The highest BCUT2D eigenvalue weighted by atomic mass is 32.1. The summed E-state index contributed by atoms with van der Waals surface area (Å²) in [6.45, 7) is 13.3. The summed E-state index contributed by atoms with van der Waals surface area (Å²) in [5.41, 5.74) is 4.96. The van der Waals surface area contributed by atoms with E-state index >= 15 is 0 Å². The van der Waals surface area contributed by atoms with Gasteiger partial charge in [0.2, 0.25) is 0 Å². The van der Waals surface area contributed by atoms with E-state index in [0.29, 0.717) is 17.3 Å². The average molecular weight is 343 g/mol. The summed E-state index contributed by atoms with van der Waals surface area (Å²) in [5.74, 6) is 1.08. The second-order valence-corrected chi connectivity index (χ2v) is 8.69. The molecule has 2 atom stereocenters. The molecule has 0 spiro atoms. The summed E-state index contributed by atoms with van der Waals surface area (Å²) in [6, 6.07) is 0. The lowest BCUT2D eigenvalue weighted by Gasteiger charge is -2.34. The normalized spacial score (nSPS) is 28.2. The zero-order valence-corrected chi connectivity index (χ0v) is 16.8. The first-order chi connectivity index (χ1) is 11.3. The molecule has 0 bridgehead atoms. The third-order valence-corrected chi connectivity index (χ3v) is 6.15. The van der Waals surface area contributed by atoms with Crippen LogP contribution >= 0.6 is 12.6 Å². The standard InChI is InChI=1S/C23H34S/c1-6-9-17(2)20-13-14-21(16-20)19-10-7-12-22(18(3)24)23(4,5)15-8-11-19/h6,9,11,13-14,17,22,24H,3,7-8,10,12,15-16H2,1-2,4-5H3/b9-6+,19-11-/t17-,22?/m1/s1. The Morgan fingerprint density at radius 1 is 1.33 bits per heavy atom. The predicted octanol–water partition coefficient (Wildman–Crippen LogP) is 7.43. The van der Waals surface area contributed by atoms with Crippen molar-refractivity contribution >= 4 is 12.6 Å². The number of rotatable bonds is 4. The van der Waals surface area contributed by atoms with Gasteiger partial charge in [-0.1, -0.05) is 63.3 Å². The predicted molar refractivity (Wildman–Crippen MR) is 111 cm³/mol. The number of hydrogen-bond acceptors (Lipinski definition) is 1. The maximum Gasteiger partial charge on any atom is -0.00453 e. The molecule has 132 valence electrons. The topological polar surface area (TPSA) is 0 Å². The van der Waals surface area contributed by atoms with Crippen molar-refractivity contribution < 1.29 is 0 Å². The lowest BCUT2D eigenvalue weighted by Crippen LogP contribution is -2.24. The Balaban J connectivity index is 2.05. The first-order valence-corrected chi connectivity index (χ1v) is 9.89. The van der Waals surface area contributed by atoms with Crippen molar-refractivity contribution in [1.29, 1.82) is 0 Å². The van der Waals surface area contributed by atoms with Crippen LogP contribution in [0, 0.1) is 17.3 Å². The van der Waals surface area contributed by atoms with Crippen molar-refractivity contribution in [3.8, 4) is 0 Å². The molecule has 1 heteroatoms. The van der Waals surface area contributed by atoms with Crippen LogP contribution in [0.1, 0.15) is 66.2 Å². The number of thiol groups is 1. The Morgan fingerprint density at radius 2 is 2.08 bits per heavy atom. The van der Waals surface area contributed by atoms with Crippen LogP contribution in [-0.2, 0) is 0 Å². The van der Waals surface area contributed by atoms with Gasteiger partial charge in [0.15, 0.2) is 0 Å². The van der Waals surface area contributed by atoms with Crippen LogP contribution in [-0.4, -0.2) is 0 Å². The van der Waals surface area contributed by atoms with Crippen molar-refractivity contribution in [2.45, 2.75) is 66.2 Å². The minimum absolute atomic E-state index is 0.290. The molecule has 24 heavy (non-hydrogen) atoms. The molecule has 0 heterocycles. The van der Waals surface area contributed by atoms with Gasteiger partial charge in [0.1, 0.15) is 0 Å². The molecule has 2 aliphatic carbocycles. The second kappa shape index (κ2) is 8.43. The van der Waals surface area contributed by atoms with E-state index in [2.05, 4.69) is 77.3 Å². The fourth-order valence-electron chi connectivity index (χ4n) is 4.18. The quantitative estimate of drug-likeness (QED) is 0.398. The first kappa shape index (κ1) is 19.4. The van der Waals surface area contributed by atoms with Gasteiger partial charge in [-0.2, -0.15) is 0 Å². The molecular weight excluding hydrogens is 308 g/mol. The van der Waals surface area contributed by atoms with E-state index in [9.17, 15) is 0 Å². The first-order valence-electron chi connectivity index (χ1n) is 9.44. The van der Waals surface area contributed by atoms with Gasteiger partial charge < -0.3 is 0 Å². The summed E-state index contributed by atoms with van der Waals surface area (Å²) < 4.78 is 0. The summed E-state index contributed by atoms with van der Waals surface area (Å²) in [7, 11) is 0. The zero-order valence-electron chi connectivity index (χ0n) is 15.9. The van der Waals surface area contributed by atoms with Crippen molar-refractivity contribution in [2.24, 2.45) is 17.3 Å². The summed E-state index contributed by atoms with van der Waals surface area (Å²) in [5, 5.41) is 0. The van der Waals surface area contributed by atoms with E-state index in [1.54, 1.807) is 16.7 Å². The number of allylic oxidation sites excluding steroid dienone is 9. The summed E-state index contributed by atoms with van der Waals surface area (Å²) in [4.78, 5) is 1.06. The summed E-state index contributed by atoms with van der Waals surface area (Å²) >= 11 is 4.60. The third kappa shape index (κ3) is 4.79. The minimum atomic E-state index is 0.290. The smallest absolute Gasteiger partial charge is 0.00453 e. The zero-order chi connectivity index (χ0) is 17.7. The van der Waals surface area contributed by atoms with Gasteiger partial charge in [-0.25, -0.2) is 0 Å². The molecule has 1 unspecified atom stereocenters. The van der Waals surface area contributed by atoms with Crippen molar-refractivity contribution in [3.63, 3.8) is 0 Å². The molecule has 0 aromatic rings. The van der Waals surface area contributed by atoms with Gasteiger partial charge in [0.25, 0.3) is 0 Å². The molecule has 2 rings (SSSR count). The van der Waals surface area contributed by atoms with Gasteiger partial charge in [-0.15, -0.1) is 12.6 Å². The molecule has 0 aliphatic heterocycles. The molecular formula is C23H34S. The molecule has 0 saturated carbocycles. The second-order valence-electron chi connectivity index (χ2n) is 8.12. The molecule has 2 aliphatic rings. The Hall–Kier alpha value is -0.950. The average Bonchev–Trinajstić information content (AvgIpc) is 2.99. The van der Waals surface area contributed by atoms with E-state index < -0.39 is 0 Å². The third-order valence-electron chi connectivity index (χ3n) is 5.84. The van der Waals surface area contributed by atoms with E-state index in [-0.39, 0.29) is 0 Å². The molecule has 0 aromatic heterocycles. The maximum atomic E-state index is 4.60. The Labute approximate surface area is 154 Å². The van der Waals surface area contributed by atoms with Gasteiger partial charge in [-0.05, 0) is 78.8 Å². The van der Waals surface area contributed by atoms with E-state index in [4.69, 9.17) is 0 Å². The Kier molecular flexibility index (Phi) is 6.80. The van der Waals surface area contributed by atoms with E-state index in [1.165, 1.54) is 25.7 Å². The Morgan fingerprint density at radius 3 is 2.75 bits per heavy atom. The Bertz CT molecular complexity index is 583. The van der Waals surface area contributed by atoms with Gasteiger partial charge >= 0.3 is 0 Å². The summed E-state index contributed by atoms with van der Waals surface area (Å²) in [6.07, 6.45) is 18.8. The monoisotopic (exact) mass is 342 g/mol. The molecule has 0 N–H and O–H groups in total. The van der Waals surface area contributed by atoms with Crippen LogP contribution in [0.2, 0.25) is 0 Å². The van der Waals surface area contributed by atoms with Crippen LogP contribution in [0.4, 0.5) is 0 Å². The molecule has 0 aromatic carbocycles. The fraction of sp³-hybridized carbons (Fsp3) is 0.565. The van der Waals surface area contributed by atoms with Gasteiger partial charge in [-0.3, -0.25) is 0 Å². The SMILES string of the molecule is C=C(S)C1CCC/C(C2=CC=C([C@H](C)/C=C/C)C2)=C/CCC1(C)C. The van der Waals surface area contributed by atoms with E-state index in [0.717, 1.165) is 17.7 Å². The van der Waals surface area contributed by atoms with Crippen LogP contribution in [0.5, 0.6) is 0 Å². The van der Waals surface area contributed by atoms with Crippen LogP contribution < -0.4 is 0 Å². The van der Waals surface area contributed by atoms with Crippen LogP contribution in [0.3, 0.4) is 0 Å². The van der Waals surface area contributed by atoms with E-state index in [1.807, 2.05) is 0 Å². The maximum absolute atomic E-state index is 4.60. The van der Waals surface area contributed by atoms with Crippen molar-refractivity contribution in [1.82, 2.24) is 0 Å². The lowest BCUT2D eigenvalue weighted by atomic mass is 9.73. The highest BCUT2D eigenvalue weighted by Crippen LogP contribution is 2.43. The molecule has 0 saturated heterocycles. The van der Waals surface area contributed by atoms with Gasteiger partial charge in [0, 0.05) is 0 Å². The highest BCUT2D eigenvalue weighted by molar-refractivity contribution is 7.84. The van der Waals surface area contributed by atoms with Crippen molar-refractivity contribution in [2.75, 3.05) is 0 Å².